The topological polar surface area (TPSA) is 43.4 Å². The van der Waals surface area contributed by atoms with Crippen LogP contribution >= 0.6 is 0 Å². The summed E-state index contributed by atoms with van der Waals surface area (Å²) < 4.78 is 28.9. The first-order valence-electron chi connectivity index (χ1n) is 10.1. The third kappa shape index (κ3) is 13.1. The fraction of sp³-hybridized carbons (Fsp3) is 0.714. The van der Waals surface area contributed by atoms with Gasteiger partial charge in [-0.25, -0.2) is 0 Å². The fourth-order valence-corrected chi connectivity index (χ4v) is 3.91. The van der Waals surface area contributed by atoms with Crippen molar-refractivity contribution in [3.63, 3.8) is 0 Å². The molecule has 3 nitrogen and oxygen atoms in total. The van der Waals surface area contributed by atoms with Gasteiger partial charge in [0.05, 0.1) is 11.5 Å². The molecule has 5 heteroatoms. The normalized spacial score (nSPS) is 11.3. The summed E-state index contributed by atoms with van der Waals surface area (Å²) in [6, 6.07) is 8.35. The first-order chi connectivity index (χ1) is 12.2. The van der Waals surface area contributed by atoms with Crippen LogP contribution in [0.15, 0.2) is 35.2 Å². The summed E-state index contributed by atoms with van der Waals surface area (Å²) in [5.74, 6) is 0. The van der Waals surface area contributed by atoms with Gasteiger partial charge in [0, 0.05) is 0 Å². The van der Waals surface area contributed by atoms with Crippen LogP contribution in [0.4, 0.5) is 0 Å². The minimum Gasteiger partial charge on any atom is -1.00 e. The molecule has 148 valence electrons. The van der Waals surface area contributed by atoms with Crippen LogP contribution in [0.2, 0.25) is 0 Å². The minimum absolute atomic E-state index is 0. The summed E-state index contributed by atoms with van der Waals surface area (Å²) in [6.45, 7) is 2.54. The Hall–Kier alpha value is -0.104. The quantitative estimate of drug-likeness (QED) is 0.187. The minimum atomic E-state index is -3.58. The van der Waals surface area contributed by atoms with Crippen molar-refractivity contribution in [2.45, 2.75) is 95.3 Å². The molecule has 0 aromatic heterocycles. The van der Waals surface area contributed by atoms with Crippen LogP contribution in [0.25, 0.3) is 0 Å². The molecule has 0 atom stereocenters. The molecule has 0 fully saturated rings. The molecule has 0 N–H and O–H groups in total. The molecule has 0 amide bonds. The molecule has 26 heavy (non-hydrogen) atoms. The number of hydrogen-bond donors (Lipinski definition) is 0. The van der Waals surface area contributed by atoms with Gasteiger partial charge in [-0.15, -0.1) is 0 Å². The van der Waals surface area contributed by atoms with E-state index in [4.69, 9.17) is 4.18 Å². The van der Waals surface area contributed by atoms with Crippen molar-refractivity contribution >= 4 is 33.2 Å². The largest absolute Gasteiger partial charge is 2.00 e. The van der Waals surface area contributed by atoms with E-state index in [1.54, 1.807) is 30.3 Å². The molecule has 0 saturated carbocycles. The van der Waals surface area contributed by atoms with Gasteiger partial charge in [0.15, 0.2) is 0 Å². The zero-order chi connectivity index (χ0) is 18.2. The Morgan fingerprint density at radius 1 is 0.731 bits per heavy atom. The Labute approximate surface area is 180 Å². The van der Waals surface area contributed by atoms with Gasteiger partial charge in [0.1, 0.15) is 0 Å². The van der Waals surface area contributed by atoms with Crippen molar-refractivity contribution in [3.8, 4) is 0 Å². The molecule has 0 saturated heterocycles. The second kappa shape index (κ2) is 17.0. The van der Waals surface area contributed by atoms with Crippen LogP contribution in [0.5, 0.6) is 0 Å². The molecule has 0 radical (unpaired) electrons. The third-order valence-corrected chi connectivity index (χ3v) is 5.84. The molecule has 0 aliphatic rings. The molecule has 1 aromatic rings. The standard InChI is InChI=1S/C21H36O3S.Mg.2H/c1-2-3-4-5-6-7-8-9-10-11-12-13-17-20-24-25(22,23)21-18-15-14-16-19-21;;;/h14-16,18-19H,2-13,17,20H2,1H3;;;/q;+2;2*-1. The average Bonchev–Trinajstić information content (AvgIpc) is 2.63. The van der Waals surface area contributed by atoms with Crippen LogP contribution in [-0.4, -0.2) is 38.1 Å². The van der Waals surface area contributed by atoms with Gasteiger partial charge in [-0.1, -0.05) is 102 Å². The predicted octanol–water partition coefficient (Wildman–Crippen LogP) is 6.33. The van der Waals surface area contributed by atoms with E-state index in [1.165, 1.54) is 70.6 Å². The van der Waals surface area contributed by atoms with Crippen molar-refractivity contribution in [1.29, 1.82) is 0 Å². The molecule has 0 spiro atoms. The average molecular weight is 395 g/mol. The molecule has 0 heterocycles. The molecule has 0 aliphatic heterocycles. The van der Waals surface area contributed by atoms with E-state index in [0.717, 1.165) is 12.8 Å². The summed E-state index contributed by atoms with van der Waals surface area (Å²) in [5, 5.41) is 0. The van der Waals surface area contributed by atoms with Crippen molar-refractivity contribution in [2.24, 2.45) is 0 Å². The number of unbranched alkanes of at least 4 members (excludes halogenated alkanes) is 12. The Balaban J connectivity index is -0.00000208. The molecule has 1 aromatic carbocycles. The van der Waals surface area contributed by atoms with Gasteiger partial charge in [-0.05, 0) is 18.6 Å². The number of rotatable bonds is 16. The van der Waals surface area contributed by atoms with Gasteiger partial charge in [-0.3, -0.25) is 4.18 Å². The molecule has 1 rings (SSSR count). The van der Waals surface area contributed by atoms with E-state index in [-0.39, 0.29) is 37.4 Å². The van der Waals surface area contributed by atoms with E-state index in [1.807, 2.05) is 0 Å². The third-order valence-electron chi connectivity index (χ3n) is 4.52. The summed E-state index contributed by atoms with van der Waals surface area (Å²) >= 11 is 0. The van der Waals surface area contributed by atoms with Crippen LogP contribution in [0, 0.1) is 0 Å². The molecule has 0 unspecified atom stereocenters. The summed E-state index contributed by atoms with van der Waals surface area (Å²) in [4.78, 5) is 0.240. The zero-order valence-corrected chi connectivity index (χ0v) is 18.9. The van der Waals surface area contributed by atoms with Crippen molar-refractivity contribution in [3.05, 3.63) is 30.3 Å². The molecular weight excluding hydrogens is 357 g/mol. The number of benzene rings is 1. The Morgan fingerprint density at radius 3 is 1.62 bits per heavy atom. The van der Waals surface area contributed by atoms with Crippen LogP contribution in [0.1, 0.15) is 93.2 Å². The van der Waals surface area contributed by atoms with Crippen molar-refractivity contribution in [1.82, 2.24) is 0 Å². The Morgan fingerprint density at radius 2 is 1.15 bits per heavy atom. The van der Waals surface area contributed by atoms with Crippen molar-refractivity contribution < 1.29 is 15.5 Å². The van der Waals surface area contributed by atoms with Crippen molar-refractivity contribution in [2.75, 3.05) is 6.61 Å². The zero-order valence-electron chi connectivity index (χ0n) is 18.6. The first kappa shape index (κ1) is 25.9. The fourth-order valence-electron chi connectivity index (χ4n) is 2.94. The maximum absolute atomic E-state index is 11.9. The van der Waals surface area contributed by atoms with Crippen LogP contribution in [0.3, 0.4) is 0 Å². The second-order valence-electron chi connectivity index (χ2n) is 6.83. The van der Waals surface area contributed by atoms with E-state index in [2.05, 4.69) is 6.92 Å². The second-order valence-corrected chi connectivity index (χ2v) is 8.45. The smallest absolute Gasteiger partial charge is 1.00 e. The van der Waals surface area contributed by atoms with E-state index >= 15 is 0 Å². The molecule has 0 aliphatic carbocycles. The van der Waals surface area contributed by atoms with E-state index in [9.17, 15) is 8.42 Å². The summed E-state index contributed by atoms with van der Waals surface area (Å²) in [7, 11) is -3.58. The first-order valence-corrected chi connectivity index (χ1v) is 11.5. The van der Waals surface area contributed by atoms with Crippen LogP contribution in [-0.2, 0) is 14.3 Å². The van der Waals surface area contributed by atoms with Gasteiger partial charge in [0.2, 0.25) is 0 Å². The summed E-state index contributed by atoms with van der Waals surface area (Å²) in [5.41, 5.74) is 0. The van der Waals surface area contributed by atoms with Gasteiger partial charge < -0.3 is 2.85 Å². The van der Waals surface area contributed by atoms with Gasteiger partial charge >= 0.3 is 23.1 Å². The monoisotopic (exact) mass is 394 g/mol. The van der Waals surface area contributed by atoms with E-state index in [0.29, 0.717) is 0 Å². The predicted molar refractivity (Wildman–Crippen MR) is 113 cm³/mol. The molecule has 0 bridgehead atoms. The maximum atomic E-state index is 11.9. The van der Waals surface area contributed by atoms with Gasteiger partial charge in [-0.2, -0.15) is 8.42 Å². The summed E-state index contributed by atoms with van der Waals surface area (Å²) in [6.07, 6.45) is 16.6. The molecular formula is C21H38MgO3S. The van der Waals surface area contributed by atoms with Gasteiger partial charge in [0.25, 0.3) is 10.1 Å². The SMILES string of the molecule is CCCCCCCCCCCCCCCOS(=O)(=O)c1ccccc1.[H-].[H-].[Mg+2]. The maximum Gasteiger partial charge on any atom is 2.00 e. The Kier molecular flexibility index (Phi) is 17.0. The Bertz CT molecular complexity index is 528. The van der Waals surface area contributed by atoms with Crippen LogP contribution < -0.4 is 0 Å². The van der Waals surface area contributed by atoms with E-state index < -0.39 is 10.1 Å². The number of hydrogen-bond acceptors (Lipinski definition) is 3.